The minimum absolute atomic E-state index is 0.0214. The first-order chi connectivity index (χ1) is 15.4. The van der Waals surface area contributed by atoms with E-state index in [9.17, 15) is 19.2 Å². The highest BCUT2D eigenvalue weighted by atomic mass is 16.5. The van der Waals surface area contributed by atoms with Gasteiger partial charge in [-0.15, -0.1) is 0 Å². The quantitative estimate of drug-likeness (QED) is 0.628. The molecule has 0 aromatic heterocycles. The van der Waals surface area contributed by atoms with E-state index in [4.69, 9.17) is 9.47 Å². The maximum Gasteiger partial charge on any atom is 0.337 e. The van der Waals surface area contributed by atoms with Crippen LogP contribution < -0.4 is 15.0 Å². The van der Waals surface area contributed by atoms with Crippen LogP contribution in [0.15, 0.2) is 48.5 Å². The highest BCUT2D eigenvalue weighted by Crippen LogP contribution is 2.27. The van der Waals surface area contributed by atoms with Gasteiger partial charge in [-0.25, -0.2) is 4.79 Å². The molecule has 0 bridgehead atoms. The molecule has 3 rings (SSSR count). The lowest BCUT2D eigenvalue weighted by Crippen LogP contribution is -2.28. The zero-order valence-electron chi connectivity index (χ0n) is 17.8. The van der Waals surface area contributed by atoms with Gasteiger partial charge in [0.05, 0.1) is 30.9 Å². The first-order valence-electron chi connectivity index (χ1n) is 10.1. The van der Waals surface area contributed by atoms with E-state index in [1.807, 2.05) is 6.92 Å². The van der Waals surface area contributed by atoms with Crippen molar-refractivity contribution >= 4 is 35.1 Å². The smallest absolute Gasteiger partial charge is 0.337 e. The number of para-hydroxylation sites is 2. The Balaban J connectivity index is 1.53. The molecule has 1 fully saturated rings. The summed E-state index contributed by atoms with van der Waals surface area (Å²) in [5, 5.41) is 2.65. The maximum atomic E-state index is 12.4. The van der Waals surface area contributed by atoms with E-state index in [-0.39, 0.29) is 18.9 Å². The normalized spacial score (nSPS) is 15.2. The van der Waals surface area contributed by atoms with Crippen LogP contribution in [0, 0.1) is 5.92 Å². The Bertz CT molecular complexity index is 1000. The number of benzene rings is 2. The summed E-state index contributed by atoms with van der Waals surface area (Å²) in [6.07, 6.45) is -0.0214. The van der Waals surface area contributed by atoms with Crippen LogP contribution in [0.25, 0.3) is 0 Å². The standard InChI is InChI=1S/C23H24N2O7/c1-3-31-19-7-5-4-6-18(19)24-20(26)14-32-23(29)16-12-21(27)25(13-16)17-10-8-15(9-11-17)22(28)30-2/h4-11,16H,3,12-14H2,1-2H3,(H,24,26)/t16-/m0/s1. The predicted molar refractivity (Wildman–Crippen MR) is 115 cm³/mol. The number of hydrogen-bond donors (Lipinski definition) is 1. The molecule has 168 valence electrons. The Kier molecular flexibility index (Phi) is 7.43. The van der Waals surface area contributed by atoms with E-state index in [0.717, 1.165) is 0 Å². The molecular formula is C23H24N2O7. The molecule has 0 radical (unpaired) electrons. The minimum Gasteiger partial charge on any atom is -0.492 e. The Morgan fingerprint density at radius 2 is 1.81 bits per heavy atom. The van der Waals surface area contributed by atoms with Gasteiger partial charge in [0.25, 0.3) is 5.91 Å². The molecule has 1 saturated heterocycles. The molecule has 2 aromatic carbocycles. The van der Waals surface area contributed by atoms with Crippen molar-refractivity contribution in [1.29, 1.82) is 0 Å². The van der Waals surface area contributed by atoms with Crippen LogP contribution in [-0.2, 0) is 23.9 Å². The number of methoxy groups -OCH3 is 1. The van der Waals surface area contributed by atoms with Gasteiger partial charge < -0.3 is 24.4 Å². The molecule has 0 saturated carbocycles. The van der Waals surface area contributed by atoms with Crippen LogP contribution in [0.2, 0.25) is 0 Å². The van der Waals surface area contributed by atoms with Gasteiger partial charge in [0.1, 0.15) is 5.75 Å². The van der Waals surface area contributed by atoms with Crippen molar-refractivity contribution in [1.82, 2.24) is 0 Å². The van der Waals surface area contributed by atoms with Crippen LogP contribution in [0.4, 0.5) is 11.4 Å². The van der Waals surface area contributed by atoms with E-state index in [2.05, 4.69) is 10.1 Å². The number of ether oxygens (including phenoxy) is 3. The van der Waals surface area contributed by atoms with Gasteiger partial charge in [-0.05, 0) is 43.3 Å². The third-order valence-electron chi connectivity index (χ3n) is 4.86. The molecule has 1 atom stereocenters. The van der Waals surface area contributed by atoms with Crippen molar-refractivity contribution in [3.63, 3.8) is 0 Å². The van der Waals surface area contributed by atoms with Crippen molar-refractivity contribution in [3.05, 3.63) is 54.1 Å². The van der Waals surface area contributed by atoms with Crippen molar-refractivity contribution < 1.29 is 33.4 Å². The minimum atomic E-state index is -0.689. The fourth-order valence-electron chi connectivity index (χ4n) is 3.30. The summed E-state index contributed by atoms with van der Waals surface area (Å²) >= 11 is 0. The summed E-state index contributed by atoms with van der Waals surface area (Å²) < 4.78 is 15.2. The lowest BCUT2D eigenvalue weighted by Gasteiger charge is -2.17. The summed E-state index contributed by atoms with van der Waals surface area (Å²) in [5.41, 5.74) is 1.40. The van der Waals surface area contributed by atoms with E-state index in [1.165, 1.54) is 12.0 Å². The number of amides is 2. The summed E-state index contributed by atoms with van der Waals surface area (Å²) in [5.74, 6) is -2.03. The fourth-order valence-corrected chi connectivity index (χ4v) is 3.30. The third kappa shape index (κ3) is 5.42. The van der Waals surface area contributed by atoms with Crippen LogP contribution in [0.5, 0.6) is 5.75 Å². The van der Waals surface area contributed by atoms with E-state index < -0.39 is 30.4 Å². The van der Waals surface area contributed by atoms with Gasteiger partial charge in [-0.1, -0.05) is 12.1 Å². The molecule has 9 heteroatoms. The summed E-state index contributed by atoms with van der Waals surface area (Å²) in [6, 6.07) is 13.3. The van der Waals surface area contributed by atoms with Gasteiger partial charge in [0, 0.05) is 18.7 Å². The second-order valence-corrected chi connectivity index (χ2v) is 7.03. The molecule has 0 unspecified atom stereocenters. The number of nitrogens with zero attached hydrogens (tertiary/aromatic N) is 1. The lowest BCUT2D eigenvalue weighted by molar-refractivity contribution is -0.151. The van der Waals surface area contributed by atoms with Crippen LogP contribution in [-0.4, -0.2) is 50.6 Å². The highest BCUT2D eigenvalue weighted by Gasteiger charge is 2.36. The van der Waals surface area contributed by atoms with Gasteiger partial charge in [-0.2, -0.15) is 0 Å². The van der Waals surface area contributed by atoms with E-state index in [1.54, 1.807) is 48.5 Å². The number of carbonyl (C=O) groups is 4. The zero-order valence-corrected chi connectivity index (χ0v) is 17.8. The Morgan fingerprint density at radius 3 is 2.50 bits per heavy atom. The van der Waals surface area contributed by atoms with E-state index >= 15 is 0 Å². The lowest BCUT2D eigenvalue weighted by atomic mass is 10.1. The molecule has 1 N–H and O–H groups in total. The number of esters is 2. The molecule has 32 heavy (non-hydrogen) atoms. The van der Waals surface area contributed by atoms with Gasteiger partial charge in [-0.3, -0.25) is 14.4 Å². The molecule has 0 aliphatic carbocycles. The van der Waals surface area contributed by atoms with E-state index in [0.29, 0.717) is 29.3 Å². The molecular weight excluding hydrogens is 416 g/mol. The molecule has 1 aliphatic heterocycles. The van der Waals surface area contributed by atoms with Crippen molar-refractivity contribution in [2.24, 2.45) is 5.92 Å². The Hall–Kier alpha value is -3.88. The molecule has 0 spiro atoms. The summed E-state index contributed by atoms with van der Waals surface area (Å²) in [6.45, 7) is 1.93. The van der Waals surface area contributed by atoms with Gasteiger partial charge in [0.2, 0.25) is 5.91 Å². The SMILES string of the molecule is CCOc1ccccc1NC(=O)COC(=O)[C@H]1CC(=O)N(c2ccc(C(=O)OC)cc2)C1. The average Bonchev–Trinajstić information content (AvgIpc) is 3.20. The van der Waals surface area contributed by atoms with Crippen molar-refractivity contribution in [3.8, 4) is 5.75 Å². The summed E-state index contributed by atoms with van der Waals surface area (Å²) in [7, 11) is 1.29. The number of anilines is 2. The predicted octanol–water partition coefficient (Wildman–Crippen LogP) is 2.41. The molecule has 2 amide bonds. The number of nitrogens with one attached hydrogen (secondary N) is 1. The van der Waals surface area contributed by atoms with Crippen molar-refractivity contribution in [2.75, 3.05) is 37.1 Å². The average molecular weight is 440 g/mol. The molecule has 9 nitrogen and oxygen atoms in total. The fraction of sp³-hybridized carbons (Fsp3) is 0.304. The van der Waals surface area contributed by atoms with Crippen LogP contribution in [0.1, 0.15) is 23.7 Å². The molecule has 1 heterocycles. The largest absolute Gasteiger partial charge is 0.492 e. The maximum absolute atomic E-state index is 12.4. The first kappa shape index (κ1) is 22.8. The van der Waals surface area contributed by atoms with Gasteiger partial charge in [0.15, 0.2) is 6.61 Å². The number of hydrogen-bond acceptors (Lipinski definition) is 7. The molecule has 1 aliphatic rings. The Morgan fingerprint density at radius 1 is 1.09 bits per heavy atom. The van der Waals surface area contributed by atoms with Crippen molar-refractivity contribution in [2.45, 2.75) is 13.3 Å². The Labute approximate surface area is 185 Å². The highest BCUT2D eigenvalue weighted by molar-refractivity contribution is 6.00. The summed E-state index contributed by atoms with van der Waals surface area (Å²) in [4.78, 5) is 50.0. The molecule has 2 aromatic rings. The first-order valence-corrected chi connectivity index (χ1v) is 10.1. The van der Waals surface area contributed by atoms with Gasteiger partial charge >= 0.3 is 11.9 Å². The number of carbonyl (C=O) groups excluding carboxylic acids is 4. The second-order valence-electron chi connectivity index (χ2n) is 7.03. The second kappa shape index (κ2) is 10.4. The number of rotatable bonds is 8. The zero-order chi connectivity index (χ0) is 23.1. The topological polar surface area (TPSA) is 111 Å². The third-order valence-corrected chi connectivity index (χ3v) is 4.86. The van der Waals surface area contributed by atoms with Crippen LogP contribution in [0.3, 0.4) is 0 Å². The monoisotopic (exact) mass is 440 g/mol. The van der Waals surface area contributed by atoms with Crippen LogP contribution >= 0.6 is 0 Å².